The normalized spacial score (nSPS) is 52.2. The molecule has 1 heteroatoms. The molecule has 0 amide bonds. The molecule has 0 aromatic rings. The lowest BCUT2D eigenvalue weighted by Crippen LogP contribution is -2.53. The third kappa shape index (κ3) is 2.21. The van der Waals surface area contributed by atoms with Gasteiger partial charge in [-0.1, -0.05) is 26.7 Å². The van der Waals surface area contributed by atoms with Gasteiger partial charge in [0.05, 0.1) is 0 Å². The van der Waals surface area contributed by atoms with Crippen LogP contribution in [0.3, 0.4) is 0 Å². The first-order valence-electron chi connectivity index (χ1n) is 10.0. The van der Waals surface area contributed by atoms with Gasteiger partial charge in [-0.15, -0.1) is 0 Å². The molecule has 1 nitrogen and oxygen atoms in total. The quantitative estimate of drug-likeness (QED) is 0.555. The summed E-state index contributed by atoms with van der Waals surface area (Å²) in [7, 11) is 0. The van der Waals surface area contributed by atoms with Gasteiger partial charge in [0.25, 0.3) is 0 Å². The molecule has 0 aromatic carbocycles. The van der Waals surface area contributed by atoms with E-state index < -0.39 is 0 Å². The van der Waals surface area contributed by atoms with Crippen LogP contribution in [0, 0.1) is 34.5 Å². The van der Waals surface area contributed by atoms with Crippen LogP contribution >= 0.6 is 0 Å². The lowest BCUT2D eigenvalue weighted by atomic mass is 9.44. The van der Waals surface area contributed by atoms with E-state index in [0.717, 1.165) is 36.5 Å². The summed E-state index contributed by atoms with van der Waals surface area (Å²) in [5, 5.41) is 0. The molecule has 0 aromatic heterocycles. The van der Waals surface area contributed by atoms with Gasteiger partial charge in [0.2, 0.25) is 0 Å². The molecule has 6 atom stereocenters. The smallest absolute Gasteiger partial charge is 0.133 e. The second kappa shape index (κ2) is 5.35. The highest BCUT2D eigenvalue weighted by Crippen LogP contribution is 2.64. The standard InChI is InChI=1S/C21H34O/c1-20-13-11-19-17(18(20)8-5-7-16(22)14-20)10-9-15-6-3-4-12-21(15,19)2/h15,17-19H,3-14H2,1-2H3/t15-,17+,18+,19+,20-,21+/m1/s1. The van der Waals surface area contributed by atoms with Crippen molar-refractivity contribution < 1.29 is 4.79 Å². The Kier molecular flexibility index (Phi) is 3.70. The topological polar surface area (TPSA) is 17.1 Å². The minimum absolute atomic E-state index is 0.340. The fourth-order valence-corrected chi connectivity index (χ4v) is 7.53. The van der Waals surface area contributed by atoms with Crippen molar-refractivity contribution in [3.8, 4) is 0 Å². The number of rotatable bonds is 0. The minimum Gasteiger partial charge on any atom is -0.300 e. The fourth-order valence-electron chi connectivity index (χ4n) is 7.53. The molecule has 4 aliphatic rings. The molecule has 0 aliphatic heterocycles. The largest absolute Gasteiger partial charge is 0.300 e. The van der Waals surface area contributed by atoms with Crippen molar-refractivity contribution in [2.24, 2.45) is 34.5 Å². The number of hydrogen-bond donors (Lipinski definition) is 0. The molecule has 4 fully saturated rings. The van der Waals surface area contributed by atoms with Crippen LogP contribution in [0.15, 0.2) is 0 Å². The van der Waals surface area contributed by atoms with E-state index in [1.54, 1.807) is 0 Å². The zero-order chi connectivity index (χ0) is 15.4. The second-order valence-corrected chi connectivity index (χ2v) is 9.70. The number of Topliss-reactive ketones (excluding diaryl/α,β-unsaturated/α-hetero) is 1. The highest BCUT2D eigenvalue weighted by Gasteiger charge is 2.56. The molecule has 0 radical (unpaired) electrons. The first-order chi connectivity index (χ1) is 10.5. The maximum Gasteiger partial charge on any atom is 0.133 e. The van der Waals surface area contributed by atoms with E-state index in [2.05, 4.69) is 13.8 Å². The van der Waals surface area contributed by atoms with Gasteiger partial charge in [-0.3, -0.25) is 4.79 Å². The lowest BCUT2D eigenvalue weighted by molar-refractivity contribution is -0.129. The molecule has 0 spiro atoms. The molecule has 0 heterocycles. The summed E-state index contributed by atoms with van der Waals surface area (Å²) in [4.78, 5) is 12.2. The molecule has 124 valence electrons. The predicted molar refractivity (Wildman–Crippen MR) is 90.6 cm³/mol. The van der Waals surface area contributed by atoms with E-state index in [-0.39, 0.29) is 0 Å². The zero-order valence-electron chi connectivity index (χ0n) is 14.7. The molecule has 4 saturated carbocycles. The third-order valence-corrected chi connectivity index (χ3v) is 8.67. The average Bonchev–Trinajstić information content (AvgIpc) is 2.63. The maximum absolute atomic E-state index is 12.2. The fraction of sp³-hybridized carbons (Fsp3) is 0.952. The minimum atomic E-state index is 0.340. The molecule has 4 rings (SSSR count). The summed E-state index contributed by atoms with van der Waals surface area (Å²) in [6.45, 7) is 5.12. The van der Waals surface area contributed by atoms with E-state index >= 15 is 0 Å². The van der Waals surface area contributed by atoms with Gasteiger partial charge >= 0.3 is 0 Å². The average molecular weight is 303 g/mol. The van der Waals surface area contributed by atoms with Crippen molar-refractivity contribution in [2.75, 3.05) is 0 Å². The second-order valence-electron chi connectivity index (χ2n) is 9.70. The van der Waals surface area contributed by atoms with Gasteiger partial charge < -0.3 is 0 Å². The van der Waals surface area contributed by atoms with Crippen LogP contribution < -0.4 is 0 Å². The first kappa shape index (κ1) is 15.2. The highest BCUT2D eigenvalue weighted by atomic mass is 16.1. The Morgan fingerprint density at radius 2 is 1.73 bits per heavy atom. The van der Waals surface area contributed by atoms with Crippen LogP contribution in [-0.2, 0) is 4.79 Å². The Labute approximate surface area is 136 Å². The predicted octanol–water partition coefficient (Wildman–Crippen LogP) is 5.77. The molecular weight excluding hydrogens is 268 g/mol. The highest BCUT2D eigenvalue weighted by molar-refractivity contribution is 5.79. The number of carbonyl (C=O) groups excluding carboxylic acids is 1. The SMILES string of the molecule is C[C@]12CC[C@H]3[C@@H](CC[C@H]4CCCC[C@@]43C)[C@@H]1CCCC(=O)C2. The van der Waals surface area contributed by atoms with Gasteiger partial charge in [0.1, 0.15) is 5.78 Å². The van der Waals surface area contributed by atoms with E-state index in [1.165, 1.54) is 64.2 Å². The van der Waals surface area contributed by atoms with Crippen LogP contribution in [0.25, 0.3) is 0 Å². The van der Waals surface area contributed by atoms with Crippen LogP contribution in [0.1, 0.15) is 90.9 Å². The monoisotopic (exact) mass is 302 g/mol. The van der Waals surface area contributed by atoms with E-state index in [9.17, 15) is 4.79 Å². The summed E-state index contributed by atoms with van der Waals surface area (Å²) in [6.07, 6.45) is 15.9. The molecule has 4 aliphatic carbocycles. The molecular formula is C21H34O. The van der Waals surface area contributed by atoms with E-state index in [1.807, 2.05) is 0 Å². The van der Waals surface area contributed by atoms with Crippen molar-refractivity contribution in [1.82, 2.24) is 0 Å². The number of carbonyl (C=O) groups is 1. The van der Waals surface area contributed by atoms with Crippen LogP contribution in [0.4, 0.5) is 0 Å². The summed E-state index contributed by atoms with van der Waals surface area (Å²) < 4.78 is 0. The van der Waals surface area contributed by atoms with Crippen LogP contribution in [0.2, 0.25) is 0 Å². The number of ketones is 1. The maximum atomic E-state index is 12.2. The first-order valence-corrected chi connectivity index (χ1v) is 10.0. The zero-order valence-corrected chi connectivity index (χ0v) is 14.7. The van der Waals surface area contributed by atoms with Crippen molar-refractivity contribution in [2.45, 2.75) is 90.9 Å². The molecule has 0 unspecified atom stereocenters. The van der Waals surface area contributed by atoms with Gasteiger partial charge in [0, 0.05) is 12.8 Å². The Bertz CT molecular complexity index is 455. The summed E-state index contributed by atoms with van der Waals surface area (Å²) in [5.41, 5.74) is 0.978. The van der Waals surface area contributed by atoms with Crippen molar-refractivity contribution in [1.29, 1.82) is 0 Å². The van der Waals surface area contributed by atoms with Gasteiger partial charge in [-0.05, 0) is 85.9 Å². The number of hydrogen-bond acceptors (Lipinski definition) is 1. The Balaban J connectivity index is 1.63. The lowest BCUT2D eigenvalue weighted by Gasteiger charge is -2.61. The molecule has 0 bridgehead atoms. The van der Waals surface area contributed by atoms with Crippen molar-refractivity contribution in [3.05, 3.63) is 0 Å². The Hall–Kier alpha value is -0.330. The summed E-state index contributed by atoms with van der Waals surface area (Å²) in [5.74, 6) is 4.32. The number of fused-ring (bicyclic) bond motifs is 5. The van der Waals surface area contributed by atoms with Crippen molar-refractivity contribution >= 4 is 5.78 Å². The van der Waals surface area contributed by atoms with Gasteiger partial charge in [0.15, 0.2) is 0 Å². The molecule has 0 N–H and O–H groups in total. The Morgan fingerprint density at radius 3 is 2.59 bits per heavy atom. The third-order valence-electron chi connectivity index (χ3n) is 8.67. The van der Waals surface area contributed by atoms with Crippen LogP contribution in [0.5, 0.6) is 0 Å². The summed E-state index contributed by atoms with van der Waals surface area (Å²) in [6, 6.07) is 0. The van der Waals surface area contributed by atoms with Crippen LogP contribution in [-0.4, -0.2) is 5.78 Å². The van der Waals surface area contributed by atoms with E-state index in [0.29, 0.717) is 16.6 Å². The summed E-state index contributed by atoms with van der Waals surface area (Å²) >= 11 is 0. The molecule has 0 saturated heterocycles. The van der Waals surface area contributed by atoms with Gasteiger partial charge in [-0.2, -0.15) is 0 Å². The van der Waals surface area contributed by atoms with Crippen molar-refractivity contribution in [3.63, 3.8) is 0 Å². The Morgan fingerprint density at radius 1 is 0.864 bits per heavy atom. The van der Waals surface area contributed by atoms with Gasteiger partial charge in [-0.25, -0.2) is 0 Å². The van der Waals surface area contributed by atoms with E-state index in [4.69, 9.17) is 0 Å². The molecule has 22 heavy (non-hydrogen) atoms.